The fourth-order valence-corrected chi connectivity index (χ4v) is 4.12. The first-order valence-corrected chi connectivity index (χ1v) is 10.3. The number of pyridine rings is 1. The highest BCUT2D eigenvalue weighted by Crippen LogP contribution is 2.35. The van der Waals surface area contributed by atoms with E-state index in [2.05, 4.69) is 37.0 Å². The van der Waals surface area contributed by atoms with E-state index in [-0.39, 0.29) is 18.3 Å². The van der Waals surface area contributed by atoms with E-state index in [0.29, 0.717) is 29.0 Å². The maximum atomic E-state index is 13.1. The van der Waals surface area contributed by atoms with Gasteiger partial charge in [-0.2, -0.15) is 13.2 Å². The molecule has 1 fully saturated rings. The summed E-state index contributed by atoms with van der Waals surface area (Å²) >= 11 is 1.38. The standard InChI is InChI=1S/C19H19F3N6OS/c1-12-5-13(10-29-15-3-2-4-24-17(15)19(20,21)22)9-28(8-12)16-7-23-6-14(26-16)18-27-25-11-30-18/h2-4,6-7,11-13H,5,8-10H2,1H3/t12-,13+/m0/s1. The van der Waals surface area contributed by atoms with E-state index < -0.39 is 11.9 Å². The third-order valence-electron chi connectivity index (χ3n) is 4.79. The summed E-state index contributed by atoms with van der Waals surface area (Å²) in [5.74, 6) is 0.835. The van der Waals surface area contributed by atoms with Crippen molar-refractivity contribution in [3.05, 3.63) is 41.9 Å². The molecule has 0 aromatic carbocycles. The van der Waals surface area contributed by atoms with E-state index in [1.54, 1.807) is 17.9 Å². The first kappa shape index (κ1) is 20.5. The van der Waals surface area contributed by atoms with Crippen LogP contribution in [0.5, 0.6) is 5.75 Å². The highest BCUT2D eigenvalue weighted by Gasteiger charge is 2.36. The van der Waals surface area contributed by atoms with Gasteiger partial charge < -0.3 is 9.64 Å². The van der Waals surface area contributed by atoms with Crippen LogP contribution in [0.3, 0.4) is 0 Å². The lowest BCUT2D eigenvalue weighted by Gasteiger charge is -2.37. The lowest BCUT2D eigenvalue weighted by atomic mass is 9.91. The van der Waals surface area contributed by atoms with Crippen molar-refractivity contribution in [3.63, 3.8) is 0 Å². The van der Waals surface area contributed by atoms with E-state index in [4.69, 9.17) is 4.74 Å². The molecular formula is C19H19F3N6OS. The van der Waals surface area contributed by atoms with Gasteiger partial charge in [0, 0.05) is 25.2 Å². The zero-order valence-electron chi connectivity index (χ0n) is 16.1. The van der Waals surface area contributed by atoms with Gasteiger partial charge in [0.25, 0.3) is 0 Å². The van der Waals surface area contributed by atoms with Crippen LogP contribution in [0, 0.1) is 11.8 Å². The Bertz CT molecular complexity index is 984. The second-order valence-corrected chi connectivity index (χ2v) is 8.11. The maximum Gasteiger partial charge on any atom is 0.437 e. The molecule has 30 heavy (non-hydrogen) atoms. The number of hydrogen-bond donors (Lipinski definition) is 0. The summed E-state index contributed by atoms with van der Waals surface area (Å²) < 4.78 is 45.0. The molecule has 158 valence electrons. The molecule has 0 amide bonds. The van der Waals surface area contributed by atoms with Crippen LogP contribution in [-0.2, 0) is 6.18 Å². The topological polar surface area (TPSA) is 76.9 Å². The number of halogens is 3. The highest BCUT2D eigenvalue weighted by molar-refractivity contribution is 7.12. The molecule has 0 N–H and O–H groups in total. The summed E-state index contributed by atoms with van der Waals surface area (Å²) in [6.45, 7) is 3.66. The van der Waals surface area contributed by atoms with Crippen molar-refractivity contribution in [2.45, 2.75) is 19.5 Å². The minimum Gasteiger partial charge on any atom is -0.491 e. The van der Waals surface area contributed by atoms with E-state index >= 15 is 0 Å². The van der Waals surface area contributed by atoms with Crippen molar-refractivity contribution in [1.29, 1.82) is 0 Å². The molecular weight excluding hydrogens is 417 g/mol. The average Bonchev–Trinajstić information content (AvgIpc) is 3.26. The van der Waals surface area contributed by atoms with E-state index in [1.807, 2.05) is 0 Å². The molecule has 0 bridgehead atoms. The Morgan fingerprint density at radius 2 is 2.13 bits per heavy atom. The van der Waals surface area contributed by atoms with Gasteiger partial charge in [0.15, 0.2) is 10.7 Å². The van der Waals surface area contributed by atoms with Crippen LogP contribution in [0.2, 0.25) is 0 Å². The Kier molecular flexibility index (Phi) is 5.80. The van der Waals surface area contributed by atoms with Crippen molar-refractivity contribution >= 4 is 17.2 Å². The van der Waals surface area contributed by atoms with Crippen LogP contribution in [0.4, 0.5) is 19.0 Å². The molecule has 0 radical (unpaired) electrons. The Hall–Kier alpha value is -2.82. The van der Waals surface area contributed by atoms with Gasteiger partial charge in [-0.25, -0.2) is 9.97 Å². The number of anilines is 1. The van der Waals surface area contributed by atoms with Crippen LogP contribution in [0.15, 0.2) is 36.2 Å². The quantitative estimate of drug-likeness (QED) is 0.599. The third-order valence-corrected chi connectivity index (χ3v) is 5.50. The highest BCUT2D eigenvalue weighted by atomic mass is 32.1. The lowest BCUT2D eigenvalue weighted by molar-refractivity contribution is -0.142. The molecule has 0 aliphatic carbocycles. The van der Waals surface area contributed by atoms with Gasteiger partial charge in [-0.3, -0.25) is 4.98 Å². The van der Waals surface area contributed by atoms with E-state index in [1.165, 1.54) is 23.5 Å². The smallest absolute Gasteiger partial charge is 0.437 e. The molecule has 0 spiro atoms. The normalized spacial score (nSPS) is 19.7. The van der Waals surface area contributed by atoms with Crippen LogP contribution in [-0.4, -0.2) is 44.8 Å². The van der Waals surface area contributed by atoms with Gasteiger partial charge in [-0.15, -0.1) is 10.2 Å². The van der Waals surface area contributed by atoms with Crippen molar-refractivity contribution in [3.8, 4) is 16.5 Å². The molecule has 7 nitrogen and oxygen atoms in total. The Balaban J connectivity index is 1.47. The molecule has 4 heterocycles. The Morgan fingerprint density at radius 1 is 1.27 bits per heavy atom. The first-order chi connectivity index (χ1) is 14.4. The van der Waals surface area contributed by atoms with E-state index in [9.17, 15) is 13.2 Å². The molecule has 0 saturated carbocycles. The van der Waals surface area contributed by atoms with Crippen LogP contribution in [0.1, 0.15) is 19.0 Å². The summed E-state index contributed by atoms with van der Waals surface area (Å²) in [4.78, 5) is 14.4. The number of hydrogen-bond acceptors (Lipinski definition) is 8. The predicted molar refractivity (Wildman–Crippen MR) is 105 cm³/mol. The Labute approximate surface area is 175 Å². The van der Waals surface area contributed by atoms with E-state index in [0.717, 1.165) is 19.2 Å². The molecule has 4 rings (SSSR count). The largest absolute Gasteiger partial charge is 0.491 e. The molecule has 1 aliphatic heterocycles. The van der Waals surface area contributed by atoms with Gasteiger partial charge >= 0.3 is 6.18 Å². The number of aromatic nitrogens is 5. The maximum absolute atomic E-state index is 13.1. The molecule has 2 atom stereocenters. The predicted octanol–water partition coefficient (Wildman–Crippen LogP) is 3.95. The van der Waals surface area contributed by atoms with Crippen LogP contribution >= 0.6 is 11.3 Å². The first-order valence-electron chi connectivity index (χ1n) is 9.38. The second kappa shape index (κ2) is 8.50. The zero-order chi connectivity index (χ0) is 21.1. The SMILES string of the molecule is C[C@H]1C[C@@H](COc2cccnc2C(F)(F)F)CN(c2cncc(-c3nncs3)n2)C1. The minimum atomic E-state index is -4.55. The van der Waals surface area contributed by atoms with Gasteiger partial charge in [-0.1, -0.05) is 18.3 Å². The molecule has 1 aliphatic rings. The molecule has 3 aromatic heterocycles. The van der Waals surface area contributed by atoms with Crippen molar-refractivity contribution in [1.82, 2.24) is 25.1 Å². The summed E-state index contributed by atoms with van der Waals surface area (Å²) in [7, 11) is 0. The third kappa shape index (κ3) is 4.66. The van der Waals surface area contributed by atoms with Gasteiger partial charge in [0.2, 0.25) is 0 Å². The summed E-state index contributed by atoms with van der Waals surface area (Å²) in [5, 5.41) is 8.54. The number of ether oxygens (including phenoxy) is 1. The summed E-state index contributed by atoms with van der Waals surface area (Å²) in [6, 6.07) is 2.74. The molecule has 0 unspecified atom stereocenters. The monoisotopic (exact) mass is 436 g/mol. The molecule has 1 saturated heterocycles. The fourth-order valence-electron chi connectivity index (χ4n) is 3.61. The van der Waals surface area contributed by atoms with Crippen molar-refractivity contribution in [2.75, 3.05) is 24.6 Å². The zero-order valence-corrected chi connectivity index (χ0v) is 16.9. The lowest BCUT2D eigenvalue weighted by Crippen LogP contribution is -2.42. The van der Waals surface area contributed by atoms with Crippen molar-refractivity contribution < 1.29 is 17.9 Å². The summed E-state index contributed by atoms with van der Waals surface area (Å²) in [6.07, 6.45) is 0.733. The molecule has 3 aromatic rings. The van der Waals surface area contributed by atoms with Crippen molar-refractivity contribution in [2.24, 2.45) is 11.8 Å². The molecule has 11 heteroatoms. The van der Waals surface area contributed by atoms with Gasteiger partial charge in [0.05, 0.1) is 19.0 Å². The summed E-state index contributed by atoms with van der Waals surface area (Å²) in [5.41, 5.74) is 1.28. The number of piperidine rings is 1. The van der Waals surface area contributed by atoms with Gasteiger partial charge in [-0.05, 0) is 24.5 Å². The fraction of sp³-hybridized carbons (Fsp3) is 0.421. The average molecular weight is 436 g/mol. The number of alkyl halides is 3. The minimum absolute atomic E-state index is 0.0435. The van der Waals surface area contributed by atoms with Crippen LogP contribution < -0.4 is 9.64 Å². The Morgan fingerprint density at radius 3 is 2.90 bits per heavy atom. The second-order valence-electron chi connectivity index (χ2n) is 7.28. The van der Waals surface area contributed by atoms with Gasteiger partial charge in [0.1, 0.15) is 22.8 Å². The van der Waals surface area contributed by atoms with Crippen LogP contribution in [0.25, 0.3) is 10.7 Å². The number of rotatable bonds is 5. The number of nitrogens with zero attached hydrogens (tertiary/aromatic N) is 6.